The first-order chi connectivity index (χ1) is 4.79. The number of rotatable bonds is 2. The van der Waals surface area contributed by atoms with Crippen LogP contribution in [0.5, 0.6) is 0 Å². The van der Waals surface area contributed by atoms with Crippen LogP contribution in [-0.2, 0) is 0 Å². The number of nitrogens with one attached hydrogen (secondary N) is 1. The lowest BCUT2D eigenvalue weighted by atomic mass is 10.3. The van der Waals surface area contributed by atoms with Crippen LogP contribution in [0.15, 0.2) is 0 Å². The Labute approximate surface area is 69.4 Å². The molecule has 3 heteroatoms. The second-order valence-corrected chi connectivity index (χ2v) is 3.18. The van der Waals surface area contributed by atoms with Crippen molar-refractivity contribution in [3.8, 4) is 0 Å². The van der Waals surface area contributed by atoms with Crippen LogP contribution in [-0.4, -0.2) is 28.6 Å². The lowest BCUT2D eigenvalue weighted by Gasteiger charge is -2.16. The van der Waals surface area contributed by atoms with E-state index in [0.29, 0.717) is 0 Å². The molecule has 0 spiro atoms. The third-order valence-corrected chi connectivity index (χ3v) is 0.609. The fourth-order valence-electron chi connectivity index (χ4n) is 0.433. The third-order valence-electron chi connectivity index (χ3n) is 0.609. The van der Waals surface area contributed by atoms with Crippen molar-refractivity contribution in [3.63, 3.8) is 0 Å². The van der Waals surface area contributed by atoms with Crippen molar-refractivity contribution in [2.24, 2.45) is 0 Å². The molecule has 0 aromatic heterocycles. The molecule has 0 heterocycles. The van der Waals surface area contributed by atoms with Gasteiger partial charge in [-0.1, -0.05) is 6.92 Å². The van der Waals surface area contributed by atoms with E-state index in [1.165, 1.54) is 0 Å². The number of hydrogen-bond donors (Lipinski definition) is 3. The summed E-state index contributed by atoms with van der Waals surface area (Å²) in [6.07, 6.45) is -0.167. The maximum atomic E-state index is 8.91. The molecule has 0 radical (unpaired) electrons. The zero-order chi connectivity index (χ0) is 9.49. The van der Waals surface area contributed by atoms with Crippen LogP contribution in [0.1, 0.15) is 34.6 Å². The summed E-state index contributed by atoms with van der Waals surface area (Å²) in [5.41, 5.74) is -0.700. The van der Waals surface area contributed by atoms with Crippen molar-refractivity contribution in [2.75, 3.05) is 6.54 Å². The highest BCUT2D eigenvalue weighted by Gasteiger charge is 2.06. The molecule has 0 aromatic carbocycles. The molecule has 3 N–H and O–H groups in total. The number of hydrogen-bond acceptors (Lipinski definition) is 3. The van der Waals surface area contributed by atoms with E-state index >= 15 is 0 Å². The average Bonchev–Trinajstić information content (AvgIpc) is 1.58. The van der Waals surface area contributed by atoms with Crippen LogP contribution >= 0.6 is 0 Å². The van der Waals surface area contributed by atoms with E-state index in [-0.39, 0.29) is 6.10 Å². The van der Waals surface area contributed by atoms with Crippen molar-refractivity contribution in [1.82, 2.24) is 5.32 Å². The molecule has 11 heavy (non-hydrogen) atoms. The minimum atomic E-state index is -0.700. The molecule has 0 saturated carbocycles. The maximum absolute atomic E-state index is 8.91. The van der Waals surface area contributed by atoms with Gasteiger partial charge in [0.2, 0.25) is 0 Å². The fraction of sp³-hybridized carbons (Fsp3) is 1.00. The highest BCUT2D eigenvalue weighted by Crippen LogP contribution is 1.90. The van der Waals surface area contributed by atoms with Gasteiger partial charge in [0.15, 0.2) is 0 Å². The fourth-order valence-corrected chi connectivity index (χ4v) is 0.433. The summed E-state index contributed by atoms with van der Waals surface area (Å²) in [5, 5.41) is 19.8. The first-order valence-electron chi connectivity index (χ1n) is 3.95. The molecule has 0 fully saturated rings. The van der Waals surface area contributed by atoms with Gasteiger partial charge in [-0.15, -0.1) is 0 Å². The monoisotopic (exact) mass is 163 g/mol. The topological polar surface area (TPSA) is 52.5 Å². The van der Waals surface area contributed by atoms with E-state index in [9.17, 15) is 0 Å². The summed E-state index contributed by atoms with van der Waals surface area (Å²) in [7, 11) is 0. The van der Waals surface area contributed by atoms with Crippen molar-refractivity contribution in [2.45, 2.75) is 46.4 Å². The molecule has 0 atom stereocenters. The molecule has 3 nitrogen and oxygen atoms in total. The van der Waals surface area contributed by atoms with Gasteiger partial charge in [0.05, 0.1) is 0 Å². The van der Waals surface area contributed by atoms with Crippen LogP contribution in [0, 0.1) is 0 Å². The van der Waals surface area contributed by atoms with Crippen molar-refractivity contribution in [3.05, 3.63) is 0 Å². The standard InChI is InChI=1S/C5H13NO.C3H8O/c1-4-6-5(2,3)7;1-3(2)4/h6-7H,4H2,1-3H3;3-4H,1-2H3. The summed E-state index contributed by atoms with van der Waals surface area (Å²) in [6.45, 7) is 9.65. The molecule has 0 amide bonds. The third kappa shape index (κ3) is 40.8. The van der Waals surface area contributed by atoms with E-state index in [2.05, 4.69) is 5.32 Å². The lowest BCUT2D eigenvalue weighted by molar-refractivity contribution is 0.0457. The molecule has 0 rings (SSSR count). The highest BCUT2D eigenvalue weighted by atomic mass is 16.3. The van der Waals surface area contributed by atoms with Gasteiger partial charge in [-0.25, -0.2) is 0 Å². The van der Waals surface area contributed by atoms with Gasteiger partial charge in [0.25, 0.3) is 0 Å². The quantitative estimate of drug-likeness (QED) is 0.526. The maximum Gasteiger partial charge on any atom is 0.110 e. The molecule has 0 aliphatic rings. The summed E-state index contributed by atoms with van der Waals surface area (Å²) < 4.78 is 0. The van der Waals surface area contributed by atoms with E-state index in [0.717, 1.165) is 6.54 Å². The van der Waals surface area contributed by atoms with Crippen LogP contribution in [0.3, 0.4) is 0 Å². The molecule has 70 valence electrons. The molecule has 0 unspecified atom stereocenters. The Bertz CT molecular complexity index is 73.9. The highest BCUT2D eigenvalue weighted by molar-refractivity contribution is 4.57. The van der Waals surface area contributed by atoms with Crippen LogP contribution in [0.2, 0.25) is 0 Å². The van der Waals surface area contributed by atoms with Crippen molar-refractivity contribution < 1.29 is 10.2 Å². The minimum Gasteiger partial charge on any atom is -0.394 e. The van der Waals surface area contributed by atoms with Gasteiger partial charge in [-0.05, 0) is 34.2 Å². The van der Waals surface area contributed by atoms with E-state index in [1.54, 1.807) is 27.7 Å². The Hall–Kier alpha value is -0.120. The first-order valence-corrected chi connectivity index (χ1v) is 3.95. The molecular weight excluding hydrogens is 142 g/mol. The molecule has 0 aliphatic carbocycles. The molecule has 0 bridgehead atoms. The largest absolute Gasteiger partial charge is 0.394 e. The molecular formula is C8H21NO2. The predicted molar refractivity (Wildman–Crippen MR) is 47.3 cm³/mol. The number of aliphatic hydroxyl groups excluding tert-OH is 1. The number of aliphatic hydroxyl groups is 2. The lowest BCUT2D eigenvalue weighted by Crippen LogP contribution is -2.38. The van der Waals surface area contributed by atoms with Crippen molar-refractivity contribution in [1.29, 1.82) is 0 Å². The molecule has 0 aromatic rings. The average molecular weight is 163 g/mol. The first kappa shape index (κ1) is 13.5. The van der Waals surface area contributed by atoms with E-state index in [4.69, 9.17) is 10.2 Å². The van der Waals surface area contributed by atoms with Gasteiger partial charge >= 0.3 is 0 Å². The summed E-state index contributed by atoms with van der Waals surface area (Å²) in [6, 6.07) is 0. The Morgan fingerprint density at radius 1 is 1.36 bits per heavy atom. The smallest absolute Gasteiger partial charge is 0.110 e. The SMILES string of the molecule is CC(C)O.CCNC(C)(C)O. The molecule has 0 saturated heterocycles. The van der Waals surface area contributed by atoms with E-state index < -0.39 is 5.72 Å². The van der Waals surface area contributed by atoms with Crippen LogP contribution in [0.25, 0.3) is 0 Å². The van der Waals surface area contributed by atoms with Crippen LogP contribution < -0.4 is 5.32 Å². The Kier molecular flexibility index (Phi) is 8.06. The Balaban J connectivity index is 0. The van der Waals surface area contributed by atoms with Gasteiger partial charge in [0.1, 0.15) is 5.72 Å². The summed E-state index contributed by atoms with van der Waals surface area (Å²) in [5.74, 6) is 0. The van der Waals surface area contributed by atoms with E-state index in [1.807, 2.05) is 6.92 Å². The molecule has 0 aliphatic heterocycles. The zero-order valence-electron chi connectivity index (χ0n) is 8.18. The van der Waals surface area contributed by atoms with Crippen molar-refractivity contribution >= 4 is 0 Å². The zero-order valence-corrected chi connectivity index (χ0v) is 8.18. The Morgan fingerprint density at radius 3 is 1.64 bits per heavy atom. The second-order valence-electron chi connectivity index (χ2n) is 3.18. The van der Waals surface area contributed by atoms with Gasteiger partial charge in [-0.3, -0.25) is 5.32 Å². The van der Waals surface area contributed by atoms with Gasteiger partial charge < -0.3 is 10.2 Å². The summed E-state index contributed by atoms with van der Waals surface area (Å²) in [4.78, 5) is 0. The minimum absolute atomic E-state index is 0.167. The second kappa shape index (κ2) is 6.58. The van der Waals surface area contributed by atoms with Gasteiger partial charge in [0, 0.05) is 6.10 Å². The van der Waals surface area contributed by atoms with Gasteiger partial charge in [-0.2, -0.15) is 0 Å². The predicted octanol–water partition coefficient (Wildman–Crippen LogP) is 0.711. The van der Waals surface area contributed by atoms with Crippen LogP contribution in [0.4, 0.5) is 0 Å². The normalized spacial score (nSPS) is 10.9. The summed E-state index contributed by atoms with van der Waals surface area (Å²) >= 11 is 0. The Morgan fingerprint density at radius 2 is 1.64 bits per heavy atom.